The topological polar surface area (TPSA) is 20.2 Å². The molecule has 1 aromatic rings. The number of hydrogen-bond donors (Lipinski definition) is 1. The summed E-state index contributed by atoms with van der Waals surface area (Å²) in [7, 11) is 0. The minimum atomic E-state index is 0.250. The zero-order valence-electron chi connectivity index (χ0n) is 7.75. The van der Waals surface area contributed by atoms with Gasteiger partial charge in [-0.2, -0.15) is 0 Å². The second-order valence-electron chi connectivity index (χ2n) is 3.20. The molecule has 0 aliphatic heterocycles. The molecule has 0 radical (unpaired) electrons. The van der Waals surface area contributed by atoms with E-state index in [1.807, 2.05) is 6.07 Å². The summed E-state index contributed by atoms with van der Waals surface area (Å²) in [5.74, 6) is 0.310. The normalized spacial score (nSPS) is 12.9. The summed E-state index contributed by atoms with van der Waals surface area (Å²) in [5.41, 5.74) is 2.51. The first kappa shape index (κ1) is 9.27. The molecule has 0 bridgehead atoms. The van der Waals surface area contributed by atoms with Gasteiger partial charge in [-0.05, 0) is 18.9 Å². The molecule has 0 amide bonds. The summed E-state index contributed by atoms with van der Waals surface area (Å²) in [6.07, 6.45) is 1.000. The third-order valence-corrected chi connectivity index (χ3v) is 2.23. The van der Waals surface area contributed by atoms with Crippen molar-refractivity contribution in [2.24, 2.45) is 0 Å². The molecular weight excluding hydrogens is 148 g/mol. The van der Waals surface area contributed by atoms with Crippen LogP contribution in [0.5, 0.6) is 0 Å². The predicted molar refractivity (Wildman–Crippen MR) is 51.3 cm³/mol. The van der Waals surface area contributed by atoms with E-state index in [-0.39, 0.29) is 6.61 Å². The lowest BCUT2D eigenvalue weighted by atomic mass is 9.96. The van der Waals surface area contributed by atoms with E-state index in [1.54, 1.807) is 0 Å². The maximum atomic E-state index is 9.07. The Hall–Kier alpha value is -0.820. The van der Waals surface area contributed by atoms with Crippen LogP contribution >= 0.6 is 0 Å². The van der Waals surface area contributed by atoms with E-state index >= 15 is 0 Å². The summed E-state index contributed by atoms with van der Waals surface area (Å²) in [5, 5.41) is 9.07. The number of aryl methyl sites for hydroxylation is 1. The molecule has 0 spiro atoms. The summed E-state index contributed by atoms with van der Waals surface area (Å²) < 4.78 is 0. The van der Waals surface area contributed by atoms with E-state index in [1.165, 1.54) is 11.1 Å². The van der Waals surface area contributed by atoms with Crippen molar-refractivity contribution in [2.75, 3.05) is 6.61 Å². The van der Waals surface area contributed by atoms with Crippen LogP contribution in [0.25, 0.3) is 0 Å². The van der Waals surface area contributed by atoms with Crippen molar-refractivity contribution in [3.05, 3.63) is 35.4 Å². The van der Waals surface area contributed by atoms with E-state index in [4.69, 9.17) is 5.11 Å². The Kier molecular flexibility index (Phi) is 3.30. The molecule has 0 fully saturated rings. The summed E-state index contributed by atoms with van der Waals surface area (Å²) in [6.45, 7) is 4.43. The molecule has 1 aromatic carbocycles. The summed E-state index contributed by atoms with van der Waals surface area (Å²) in [6, 6.07) is 8.35. The van der Waals surface area contributed by atoms with Gasteiger partial charge in [0.2, 0.25) is 0 Å². The van der Waals surface area contributed by atoms with Gasteiger partial charge in [0.25, 0.3) is 0 Å². The zero-order valence-corrected chi connectivity index (χ0v) is 7.75. The second kappa shape index (κ2) is 4.27. The molecule has 1 nitrogen and oxygen atoms in total. The third-order valence-electron chi connectivity index (χ3n) is 2.23. The highest BCUT2D eigenvalue weighted by Gasteiger charge is 2.06. The molecule has 0 aliphatic carbocycles. The SMILES string of the molecule is CC[C@H](CO)c1cccc(C)c1. The Morgan fingerprint density at radius 3 is 2.67 bits per heavy atom. The Bertz CT molecular complexity index is 239. The van der Waals surface area contributed by atoms with E-state index in [0.29, 0.717) is 5.92 Å². The fraction of sp³-hybridized carbons (Fsp3) is 0.455. The van der Waals surface area contributed by atoms with Gasteiger partial charge in [0.05, 0.1) is 0 Å². The van der Waals surface area contributed by atoms with Gasteiger partial charge < -0.3 is 5.11 Å². The fourth-order valence-corrected chi connectivity index (χ4v) is 1.39. The molecule has 1 rings (SSSR count). The van der Waals surface area contributed by atoms with E-state index < -0.39 is 0 Å². The van der Waals surface area contributed by atoms with Crippen LogP contribution in [-0.2, 0) is 0 Å². The van der Waals surface area contributed by atoms with E-state index in [9.17, 15) is 0 Å². The van der Waals surface area contributed by atoms with Crippen LogP contribution in [-0.4, -0.2) is 11.7 Å². The molecule has 1 atom stereocenters. The number of rotatable bonds is 3. The molecule has 0 unspecified atom stereocenters. The first-order chi connectivity index (χ1) is 5.77. The fourth-order valence-electron chi connectivity index (χ4n) is 1.39. The first-order valence-corrected chi connectivity index (χ1v) is 4.45. The van der Waals surface area contributed by atoms with Crippen molar-refractivity contribution in [3.63, 3.8) is 0 Å². The van der Waals surface area contributed by atoms with Crippen LogP contribution in [0.3, 0.4) is 0 Å². The highest BCUT2D eigenvalue weighted by atomic mass is 16.3. The Labute approximate surface area is 74.1 Å². The second-order valence-corrected chi connectivity index (χ2v) is 3.20. The lowest BCUT2D eigenvalue weighted by molar-refractivity contribution is 0.262. The maximum absolute atomic E-state index is 9.07. The van der Waals surface area contributed by atoms with Crippen LogP contribution < -0.4 is 0 Å². The smallest absolute Gasteiger partial charge is 0.0499 e. The molecule has 12 heavy (non-hydrogen) atoms. The molecule has 0 aromatic heterocycles. The average Bonchev–Trinajstić information content (AvgIpc) is 2.07. The molecule has 0 heterocycles. The number of hydrogen-bond acceptors (Lipinski definition) is 1. The Balaban J connectivity index is 2.85. The van der Waals surface area contributed by atoms with Crippen LogP contribution in [0.4, 0.5) is 0 Å². The van der Waals surface area contributed by atoms with Crippen molar-refractivity contribution < 1.29 is 5.11 Å². The maximum Gasteiger partial charge on any atom is 0.0499 e. The highest BCUT2D eigenvalue weighted by molar-refractivity contribution is 5.25. The molecule has 0 saturated carbocycles. The summed E-state index contributed by atoms with van der Waals surface area (Å²) >= 11 is 0. The molecular formula is C11H16O. The highest BCUT2D eigenvalue weighted by Crippen LogP contribution is 2.19. The first-order valence-electron chi connectivity index (χ1n) is 4.45. The Morgan fingerprint density at radius 2 is 2.17 bits per heavy atom. The van der Waals surface area contributed by atoms with Gasteiger partial charge in [-0.3, -0.25) is 0 Å². The molecule has 1 heteroatoms. The van der Waals surface area contributed by atoms with Crippen molar-refractivity contribution in [1.82, 2.24) is 0 Å². The van der Waals surface area contributed by atoms with Gasteiger partial charge >= 0.3 is 0 Å². The average molecular weight is 164 g/mol. The largest absolute Gasteiger partial charge is 0.396 e. The standard InChI is InChI=1S/C11H16O/c1-3-10(8-12)11-6-4-5-9(2)7-11/h4-7,10,12H,3,8H2,1-2H3/t10-/m1/s1. The molecule has 1 N–H and O–H groups in total. The number of benzene rings is 1. The predicted octanol–water partition coefficient (Wildman–Crippen LogP) is 2.48. The third kappa shape index (κ3) is 2.08. The van der Waals surface area contributed by atoms with Gasteiger partial charge in [0.15, 0.2) is 0 Å². The van der Waals surface area contributed by atoms with E-state index in [2.05, 4.69) is 32.0 Å². The van der Waals surface area contributed by atoms with Crippen molar-refractivity contribution in [3.8, 4) is 0 Å². The molecule has 0 saturated heterocycles. The van der Waals surface area contributed by atoms with Crippen LogP contribution in [0, 0.1) is 6.92 Å². The van der Waals surface area contributed by atoms with Gasteiger partial charge in [-0.25, -0.2) is 0 Å². The minimum absolute atomic E-state index is 0.250. The van der Waals surface area contributed by atoms with Crippen molar-refractivity contribution in [2.45, 2.75) is 26.2 Å². The monoisotopic (exact) mass is 164 g/mol. The lowest BCUT2D eigenvalue weighted by Gasteiger charge is -2.11. The van der Waals surface area contributed by atoms with Gasteiger partial charge in [0, 0.05) is 12.5 Å². The van der Waals surface area contributed by atoms with Crippen molar-refractivity contribution >= 4 is 0 Å². The van der Waals surface area contributed by atoms with Crippen molar-refractivity contribution in [1.29, 1.82) is 0 Å². The van der Waals surface area contributed by atoms with Crippen LogP contribution in [0.2, 0.25) is 0 Å². The van der Waals surface area contributed by atoms with E-state index in [0.717, 1.165) is 6.42 Å². The molecule has 0 aliphatic rings. The van der Waals surface area contributed by atoms with Gasteiger partial charge in [-0.1, -0.05) is 36.8 Å². The number of aliphatic hydroxyl groups is 1. The molecule has 66 valence electrons. The van der Waals surface area contributed by atoms with Gasteiger partial charge in [0.1, 0.15) is 0 Å². The van der Waals surface area contributed by atoms with Crippen LogP contribution in [0.15, 0.2) is 24.3 Å². The minimum Gasteiger partial charge on any atom is -0.396 e. The van der Waals surface area contributed by atoms with Crippen LogP contribution in [0.1, 0.15) is 30.4 Å². The quantitative estimate of drug-likeness (QED) is 0.727. The Morgan fingerprint density at radius 1 is 1.42 bits per heavy atom. The number of aliphatic hydroxyl groups excluding tert-OH is 1. The van der Waals surface area contributed by atoms with Gasteiger partial charge in [-0.15, -0.1) is 0 Å². The summed E-state index contributed by atoms with van der Waals surface area (Å²) in [4.78, 5) is 0. The zero-order chi connectivity index (χ0) is 8.97. The lowest BCUT2D eigenvalue weighted by Crippen LogP contribution is -2.02.